The van der Waals surface area contributed by atoms with Gasteiger partial charge in [0.2, 0.25) is 0 Å². The van der Waals surface area contributed by atoms with Gasteiger partial charge in [-0.05, 0) is 35.4 Å². The first kappa shape index (κ1) is 12.2. The Morgan fingerprint density at radius 3 is 1.56 bits per heavy atom. The second kappa shape index (κ2) is 5.40. The lowest BCUT2D eigenvalue weighted by atomic mass is 10.0. The molecular formula is C14H11F2NO. The highest BCUT2D eigenvalue weighted by Gasteiger charge is 2.14. The van der Waals surface area contributed by atoms with Crippen molar-refractivity contribution < 1.29 is 13.5 Å². The van der Waals surface area contributed by atoms with Crippen molar-refractivity contribution in [2.45, 2.75) is 6.10 Å². The predicted molar refractivity (Wildman–Crippen MR) is 64.5 cm³/mol. The molecule has 92 valence electrons. The summed E-state index contributed by atoms with van der Waals surface area (Å²) in [5.74, 6) is -0.682. The highest BCUT2D eigenvalue weighted by atomic mass is 19.1. The summed E-state index contributed by atoms with van der Waals surface area (Å²) in [6, 6.07) is 11.6. The van der Waals surface area contributed by atoms with E-state index < -0.39 is 6.10 Å². The zero-order valence-corrected chi connectivity index (χ0v) is 9.44. The van der Waals surface area contributed by atoms with Gasteiger partial charge in [0.1, 0.15) is 17.7 Å². The Morgan fingerprint density at radius 2 is 1.22 bits per heavy atom. The third-order valence-electron chi connectivity index (χ3n) is 2.55. The van der Waals surface area contributed by atoms with E-state index in [0.29, 0.717) is 11.1 Å². The Bertz CT molecular complexity index is 477. The molecule has 0 fully saturated rings. The van der Waals surface area contributed by atoms with Gasteiger partial charge in [-0.3, -0.25) is 5.41 Å². The lowest BCUT2D eigenvalue weighted by Crippen LogP contribution is -2.05. The topological polar surface area (TPSA) is 33.1 Å². The van der Waals surface area contributed by atoms with Crippen LogP contribution in [0.2, 0.25) is 0 Å². The minimum Gasteiger partial charge on any atom is -0.471 e. The summed E-state index contributed by atoms with van der Waals surface area (Å²) in [4.78, 5) is 0. The van der Waals surface area contributed by atoms with Gasteiger partial charge in [0.05, 0.1) is 0 Å². The van der Waals surface area contributed by atoms with E-state index >= 15 is 0 Å². The molecule has 0 aliphatic rings. The molecule has 0 spiro atoms. The number of halogens is 2. The van der Waals surface area contributed by atoms with Crippen LogP contribution in [0.3, 0.4) is 0 Å². The zero-order valence-electron chi connectivity index (χ0n) is 9.44. The average Bonchev–Trinajstić information content (AvgIpc) is 2.39. The van der Waals surface area contributed by atoms with Gasteiger partial charge in [-0.15, -0.1) is 0 Å². The second-order valence-corrected chi connectivity index (χ2v) is 3.74. The Balaban J connectivity index is 2.35. The number of nitrogens with one attached hydrogen (secondary N) is 1. The van der Waals surface area contributed by atoms with Gasteiger partial charge in [0.25, 0.3) is 0 Å². The van der Waals surface area contributed by atoms with Crippen LogP contribution in [0.25, 0.3) is 0 Å². The molecule has 2 nitrogen and oxygen atoms in total. The molecule has 0 aromatic heterocycles. The molecule has 1 N–H and O–H groups in total. The SMILES string of the molecule is N=COC(c1ccc(F)cc1)c1ccc(F)cc1. The lowest BCUT2D eigenvalue weighted by Gasteiger charge is -2.16. The molecule has 0 heterocycles. The highest BCUT2D eigenvalue weighted by molar-refractivity contribution is 5.44. The molecule has 0 aliphatic heterocycles. The fourth-order valence-corrected chi connectivity index (χ4v) is 1.69. The van der Waals surface area contributed by atoms with E-state index in [1.807, 2.05) is 0 Å². The first-order chi connectivity index (χ1) is 8.70. The molecule has 0 bridgehead atoms. The molecule has 0 aliphatic carbocycles. The van der Waals surface area contributed by atoms with Gasteiger partial charge in [-0.1, -0.05) is 24.3 Å². The Labute approximate surface area is 103 Å². The molecular weight excluding hydrogens is 236 g/mol. The van der Waals surface area contributed by atoms with Gasteiger partial charge in [-0.25, -0.2) is 8.78 Å². The van der Waals surface area contributed by atoms with Crippen molar-refractivity contribution in [3.63, 3.8) is 0 Å². The molecule has 2 aromatic carbocycles. The average molecular weight is 247 g/mol. The standard InChI is InChI=1S/C14H11F2NO/c15-12-5-1-10(2-6-12)14(18-9-17)11-3-7-13(16)8-4-11/h1-9,14,17H. The van der Waals surface area contributed by atoms with Gasteiger partial charge in [-0.2, -0.15) is 0 Å². The fraction of sp³-hybridized carbons (Fsp3) is 0.0714. The van der Waals surface area contributed by atoms with Crippen molar-refractivity contribution in [1.29, 1.82) is 5.41 Å². The molecule has 2 aromatic rings. The third-order valence-corrected chi connectivity index (χ3v) is 2.55. The van der Waals surface area contributed by atoms with Crippen LogP contribution < -0.4 is 0 Å². The number of ether oxygens (including phenoxy) is 1. The van der Waals surface area contributed by atoms with Gasteiger partial charge < -0.3 is 4.74 Å². The molecule has 0 saturated carbocycles. The first-order valence-electron chi connectivity index (χ1n) is 5.36. The van der Waals surface area contributed by atoms with Gasteiger partial charge in [0, 0.05) is 0 Å². The summed E-state index contributed by atoms with van der Waals surface area (Å²) in [5, 5.41) is 7.02. The maximum absolute atomic E-state index is 12.9. The van der Waals surface area contributed by atoms with Crippen molar-refractivity contribution in [3.05, 3.63) is 71.3 Å². The molecule has 0 saturated heterocycles. The summed E-state index contributed by atoms with van der Waals surface area (Å²) < 4.78 is 30.9. The minimum absolute atomic E-state index is 0.341. The van der Waals surface area contributed by atoms with Gasteiger partial charge in [0.15, 0.2) is 6.40 Å². The highest BCUT2D eigenvalue weighted by Crippen LogP contribution is 2.25. The number of hydrogen-bond donors (Lipinski definition) is 1. The Morgan fingerprint density at radius 1 is 0.833 bits per heavy atom. The number of benzene rings is 2. The van der Waals surface area contributed by atoms with E-state index in [0.717, 1.165) is 6.40 Å². The third kappa shape index (κ3) is 2.71. The van der Waals surface area contributed by atoms with E-state index in [1.54, 1.807) is 24.3 Å². The van der Waals surface area contributed by atoms with Crippen LogP contribution >= 0.6 is 0 Å². The molecule has 2 rings (SSSR count). The molecule has 4 heteroatoms. The van der Waals surface area contributed by atoms with Crippen molar-refractivity contribution in [2.75, 3.05) is 0 Å². The first-order valence-corrected chi connectivity index (χ1v) is 5.36. The molecule has 0 atom stereocenters. The Kier molecular flexibility index (Phi) is 3.67. The van der Waals surface area contributed by atoms with E-state index in [4.69, 9.17) is 10.1 Å². The maximum Gasteiger partial charge on any atom is 0.168 e. The van der Waals surface area contributed by atoms with E-state index in [-0.39, 0.29) is 11.6 Å². The van der Waals surface area contributed by atoms with E-state index in [1.165, 1.54) is 24.3 Å². The molecule has 0 amide bonds. The normalized spacial score (nSPS) is 10.4. The summed E-state index contributed by atoms with van der Waals surface area (Å²) in [6.45, 7) is 0. The van der Waals surface area contributed by atoms with E-state index in [2.05, 4.69) is 0 Å². The smallest absolute Gasteiger partial charge is 0.168 e. The van der Waals surface area contributed by atoms with Crippen LogP contribution in [0, 0.1) is 17.0 Å². The van der Waals surface area contributed by atoms with Crippen LogP contribution in [0.1, 0.15) is 17.2 Å². The zero-order chi connectivity index (χ0) is 13.0. The lowest BCUT2D eigenvalue weighted by molar-refractivity contribution is 0.244. The second-order valence-electron chi connectivity index (χ2n) is 3.74. The van der Waals surface area contributed by atoms with Crippen molar-refractivity contribution in [2.24, 2.45) is 0 Å². The van der Waals surface area contributed by atoms with Crippen LogP contribution in [0.15, 0.2) is 48.5 Å². The Hall–Kier alpha value is -2.23. The van der Waals surface area contributed by atoms with Crippen molar-refractivity contribution in [1.82, 2.24) is 0 Å². The summed E-state index contributed by atoms with van der Waals surface area (Å²) in [6.07, 6.45) is 0.279. The monoisotopic (exact) mass is 247 g/mol. The quantitative estimate of drug-likeness (QED) is 0.648. The van der Waals surface area contributed by atoms with Crippen molar-refractivity contribution in [3.8, 4) is 0 Å². The van der Waals surface area contributed by atoms with Crippen molar-refractivity contribution >= 4 is 6.40 Å². The van der Waals surface area contributed by atoms with Crippen LogP contribution in [0.4, 0.5) is 8.78 Å². The van der Waals surface area contributed by atoms with E-state index in [9.17, 15) is 8.78 Å². The summed E-state index contributed by atoms with van der Waals surface area (Å²) in [7, 11) is 0. The molecule has 18 heavy (non-hydrogen) atoms. The minimum atomic E-state index is -0.538. The fourth-order valence-electron chi connectivity index (χ4n) is 1.69. The molecule has 0 radical (unpaired) electrons. The summed E-state index contributed by atoms with van der Waals surface area (Å²) in [5.41, 5.74) is 1.40. The largest absolute Gasteiger partial charge is 0.471 e. The maximum atomic E-state index is 12.9. The van der Waals surface area contributed by atoms with Crippen LogP contribution in [0.5, 0.6) is 0 Å². The van der Waals surface area contributed by atoms with Crippen LogP contribution in [-0.4, -0.2) is 6.40 Å². The van der Waals surface area contributed by atoms with Gasteiger partial charge >= 0.3 is 0 Å². The summed E-state index contributed by atoms with van der Waals surface area (Å²) >= 11 is 0. The number of rotatable bonds is 4. The van der Waals surface area contributed by atoms with Crippen LogP contribution in [-0.2, 0) is 4.74 Å². The molecule has 0 unspecified atom stereocenters. The predicted octanol–water partition coefficient (Wildman–Crippen LogP) is 3.68. The number of hydrogen-bond acceptors (Lipinski definition) is 2.